The van der Waals surface area contributed by atoms with Crippen molar-refractivity contribution in [2.75, 3.05) is 13.6 Å². The first kappa shape index (κ1) is 21.2. The standard InChI is InChI=1S/C23H19ClFN3O2S/c1-27(23(30)15-6-4-7-16(25)12-15)14-22(29)28-20(17-8-2-3-9-18(17)24)13-19(26-28)21-10-5-11-31-21/h2-12,20H,13-14H2,1H3/t20-/m0/s1. The van der Waals surface area contributed by atoms with Crippen molar-refractivity contribution in [2.24, 2.45) is 5.10 Å². The molecule has 158 valence electrons. The SMILES string of the molecule is CN(CC(=O)N1N=C(c2cccs2)C[C@H]1c1ccccc1Cl)C(=O)c1cccc(F)c1. The van der Waals surface area contributed by atoms with Crippen LogP contribution in [0.4, 0.5) is 4.39 Å². The number of likely N-dealkylation sites (N-methyl/N-ethyl adjacent to an activating group) is 1. The highest BCUT2D eigenvalue weighted by atomic mass is 35.5. The molecule has 0 fully saturated rings. The van der Waals surface area contributed by atoms with Gasteiger partial charge in [0.15, 0.2) is 0 Å². The van der Waals surface area contributed by atoms with Crippen LogP contribution in [0.3, 0.4) is 0 Å². The van der Waals surface area contributed by atoms with Crippen LogP contribution < -0.4 is 0 Å². The van der Waals surface area contributed by atoms with Crippen molar-refractivity contribution in [1.29, 1.82) is 0 Å². The highest BCUT2D eigenvalue weighted by Gasteiger charge is 2.35. The van der Waals surface area contributed by atoms with Crippen LogP contribution >= 0.6 is 22.9 Å². The second kappa shape index (κ2) is 8.99. The van der Waals surface area contributed by atoms with E-state index in [1.807, 2.05) is 35.7 Å². The van der Waals surface area contributed by atoms with E-state index in [4.69, 9.17) is 11.6 Å². The van der Waals surface area contributed by atoms with E-state index in [1.54, 1.807) is 17.4 Å². The number of benzene rings is 2. The molecule has 0 N–H and O–H groups in total. The van der Waals surface area contributed by atoms with Gasteiger partial charge in [0.2, 0.25) is 0 Å². The minimum absolute atomic E-state index is 0.183. The number of carbonyl (C=O) groups is 2. The molecule has 0 spiro atoms. The first-order valence-corrected chi connectivity index (χ1v) is 10.9. The Kier molecular flexibility index (Phi) is 6.15. The number of halogens is 2. The smallest absolute Gasteiger partial charge is 0.262 e. The number of rotatable bonds is 5. The summed E-state index contributed by atoms with van der Waals surface area (Å²) in [6.07, 6.45) is 0.525. The van der Waals surface area contributed by atoms with Gasteiger partial charge in [0.1, 0.15) is 12.4 Å². The summed E-state index contributed by atoms with van der Waals surface area (Å²) >= 11 is 7.96. The van der Waals surface area contributed by atoms with Crippen molar-refractivity contribution in [3.63, 3.8) is 0 Å². The maximum atomic E-state index is 13.5. The Labute approximate surface area is 188 Å². The minimum Gasteiger partial charge on any atom is -0.332 e. The molecule has 8 heteroatoms. The van der Waals surface area contributed by atoms with Gasteiger partial charge in [-0.3, -0.25) is 9.59 Å². The Morgan fingerprint density at radius 3 is 2.71 bits per heavy atom. The molecule has 2 aromatic carbocycles. The van der Waals surface area contributed by atoms with E-state index in [1.165, 1.54) is 35.2 Å². The molecule has 1 aliphatic rings. The largest absolute Gasteiger partial charge is 0.332 e. The van der Waals surface area contributed by atoms with Crippen LogP contribution in [0.5, 0.6) is 0 Å². The number of nitrogens with zero attached hydrogens (tertiary/aromatic N) is 3. The maximum Gasteiger partial charge on any atom is 0.262 e. The molecule has 0 saturated carbocycles. The lowest BCUT2D eigenvalue weighted by molar-refractivity contribution is -0.133. The molecule has 1 aromatic heterocycles. The lowest BCUT2D eigenvalue weighted by Gasteiger charge is -2.25. The normalized spacial score (nSPS) is 15.6. The summed E-state index contributed by atoms with van der Waals surface area (Å²) in [5.74, 6) is -1.29. The van der Waals surface area contributed by atoms with Crippen molar-refractivity contribution < 1.29 is 14.0 Å². The van der Waals surface area contributed by atoms with Gasteiger partial charge in [0.25, 0.3) is 11.8 Å². The van der Waals surface area contributed by atoms with Crippen molar-refractivity contribution >= 4 is 40.5 Å². The molecule has 0 radical (unpaired) electrons. The number of hydrazone groups is 1. The quantitative estimate of drug-likeness (QED) is 0.544. The summed E-state index contributed by atoms with van der Waals surface area (Å²) in [5.41, 5.74) is 1.78. The molecular weight excluding hydrogens is 437 g/mol. The fraction of sp³-hybridized carbons (Fsp3) is 0.174. The first-order chi connectivity index (χ1) is 14.9. The number of thiophene rings is 1. The zero-order valence-corrected chi connectivity index (χ0v) is 18.2. The fourth-order valence-electron chi connectivity index (χ4n) is 3.51. The predicted octanol–water partition coefficient (Wildman–Crippen LogP) is 4.99. The Hall–Kier alpha value is -3.03. The van der Waals surface area contributed by atoms with Gasteiger partial charge < -0.3 is 4.90 Å². The van der Waals surface area contributed by atoms with Crippen molar-refractivity contribution in [3.05, 3.63) is 92.9 Å². The third-order valence-electron chi connectivity index (χ3n) is 5.03. The highest BCUT2D eigenvalue weighted by Crippen LogP contribution is 2.37. The van der Waals surface area contributed by atoms with E-state index < -0.39 is 11.7 Å². The number of hydrogen-bond acceptors (Lipinski definition) is 4. The second-order valence-electron chi connectivity index (χ2n) is 7.18. The average Bonchev–Trinajstić information content (AvgIpc) is 3.43. The van der Waals surface area contributed by atoms with Crippen molar-refractivity contribution in [2.45, 2.75) is 12.5 Å². The van der Waals surface area contributed by atoms with E-state index in [0.717, 1.165) is 22.2 Å². The van der Waals surface area contributed by atoms with Gasteiger partial charge in [-0.2, -0.15) is 5.10 Å². The molecule has 0 unspecified atom stereocenters. The third kappa shape index (κ3) is 4.52. The fourth-order valence-corrected chi connectivity index (χ4v) is 4.49. The summed E-state index contributed by atoms with van der Waals surface area (Å²) < 4.78 is 13.5. The van der Waals surface area contributed by atoms with E-state index in [-0.39, 0.29) is 24.1 Å². The van der Waals surface area contributed by atoms with E-state index >= 15 is 0 Å². The molecule has 0 bridgehead atoms. The zero-order chi connectivity index (χ0) is 22.0. The third-order valence-corrected chi connectivity index (χ3v) is 6.29. The molecule has 0 aliphatic carbocycles. The van der Waals surface area contributed by atoms with Gasteiger partial charge in [-0.15, -0.1) is 11.3 Å². The van der Waals surface area contributed by atoms with Crippen LogP contribution in [0, 0.1) is 5.82 Å². The Morgan fingerprint density at radius 2 is 2.00 bits per heavy atom. The van der Waals surface area contributed by atoms with Gasteiger partial charge in [0, 0.05) is 24.1 Å². The van der Waals surface area contributed by atoms with E-state index in [9.17, 15) is 14.0 Å². The predicted molar refractivity (Wildman–Crippen MR) is 120 cm³/mol. The molecular formula is C23H19ClFN3O2S. The molecule has 3 aromatic rings. The van der Waals surface area contributed by atoms with Crippen LogP contribution in [0.1, 0.15) is 33.3 Å². The monoisotopic (exact) mass is 455 g/mol. The number of hydrogen-bond donors (Lipinski definition) is 0. The lowest BCUT2D eigenvalue weighted by atomic mass is 10.0. The molecule has 31 heavy (non-hydrogen) atoms. The number of amides is 2. The average molecular weight is 456 g/mol. The first-order valence-electron chi connectivity index (χ1n) is 9.63. The van der Waals surface area contributed by atoms with E-state index in [0.29, 0.717) is 11.4 Å². The molecule has 2 heterocycles. The topological polar surface area (TPSA) is 53.0 Å². The second-order valence-corrected chi connectivity index (χ2v) is 8.53. The van der Waals surface area contributed by atoms with Gasteiger partial charge in [-0.25, -0.2) is 9.40 Å². The van der Waals surface area contributed by atoms with Crippen molar-refractivity contribution in [1.82, 2.24) is 9.91 Å². The lowest BCUT2D eigenvalue weighted by Crippen LogP contribution is -2.39. The Bertz CT molecular complexity index is 1150. The molecule has 0 saturated heterocycles. The van der Waals surface area contributed by atoms with Crippen LogP contribution in [0.15, 0.2) is 71.1 Å². The van der Waals surface area contributed by atoms with Gasteiger partial charge in [-0.05, 0) is 41.3 Å². The highest BCUT2D eigenvalue weighted by molar-refractivity contribution is 7.12. The molecule has 1 aliphatic heterocycles. The summed E-state index contributed by atoms with van der Waals surface area (Å²) in [4.78, 5) is 28.1. The van der Waals surface area contributed by atoms with Crippen molar-refractivity contribution in [3.8, 4) is 0 Å². The summed E-state index contributed by atoms with van der Waals surface area (Å²) in [6.45, 7) is -0.197. The van der Waals surface area contributed by atoms with Crippen LogP contribution in [0.25, 0.3) is 0 Å². The maximum absolute atomic E-state index is 13.5. The molecule has 5 nitrogen and oxygen atoms in total. The molecule has 4 rings (SSSR count). The minimum atomic E-state index is -0.505. The van der Waals surface area contributed by atoms with Gasteiger partial charge in [0.05, 0.1) is 16.6 Å². The molecule has 2 amide bonds. The van der Waals surface area contributed by atoms with Gasteiger partial charge >= 0.3 is 0 Å². The summed E-state index contributed by atoms with van der Waals surface area (Å²) in [5, 5.41) is 8.50. The summed E-state index contributed by atoms with van der Waals surface area (Å²) in [6, 6.07) is 16.3. The van der Waals surface area contributed by atoms with Crippen LogP contribution in [0.2, 0.25) is 5.02 Å². The van der Waals surface area contributed by atoms with Crippen LogP contribution in [-0.2, 0) is 4.79 Å². The Balaban J connectivity index is 1.58. The van der Waals surface area contributed by atoms with Gasteiger partial charge in [-0.1, -0.05) is 41.9 Å². The van der Waals surface area contributed by atoms with E-state index in [2.05, 4.69) is 5.10 Å². The summed E-state index contributed by atoms with van der Waals surface area (Å²) in [7, 11) is 1.51. The zero-order valence-electron chi connectivity index (χ0n) is 16.7. The Morgan fingerprint density at radius 1 is 1.19 bits per heavy atom. The van der Waals surface area contributed by atoms with Crippen LogP contribution in [-0.4, -0.2) is 41.0 Å². The molecule has 1 atom stereocenters. The number of carbonyl (C=O) groups excluding carboxylic acids is 2.